The molecule has 0 bridgehead atoms. The number of hydrogen-bond acceptors (Lipinski definition) is 4. The number of amides is 1. The van der Waals surface area contributed by atoms with E-state index < -0.39 is 0 Å². The quantitative estimate of drug-likeness (QED) is 0.871. The van der Waals surface area contributed by atoms with E-state index in [0.717, 1.165) is 18.5 Å². The molecule has 0 aliphatic carbocycles. The fourth-order valence-electron chi connectivity index (χ4n) is 2.32. The van der Waals surface area contributed by atoms with Gasteiger partial charge in [-0.05, 0) is 24.1 Å². The third-order valence-electron chi connectivity index (χ3n) is 3.42. The summed E-state index contributed by atoms with van der Waals surface area (Å²) in [6.45, 7) is 1.36. The Hall–Kier alpha value is -1.75. The van der Waals surface area contributed by atoms with Crippen molar-refractivity contribution in [3.8, 4) is 11.5 Å². The summed E-state index contributed by atoms with van der Waals surface area (Å²) in [6, 6.07) is 5.40. The number of nitrogens with two attached hydrogens (primary N) is 1. The molecule has 1 aliphatic heterocycles. The predicted octanol–water partition coefficient (Wildman–Crippen LogP) is 1.33. The molecule has 1 aromatic carbocycles. The van der Waals surface area contributed by atoms with Crippen molar-refractivity contribution >= 4 is 5.91 Å². The zero-order chi connectivity index (χ0) is 13.8. The Morgan fingerprint density at radius 3 is 2.63 bits per heavy atom. The summed E-state index contributed by atoms with van der Waals surface area (Å²) in [6.07, 6.45) is 1.57. The van der Waals surface area contributed by atoms with Gasteiger partial charge in [-0.3, -0.25) is 4.79 Å². The van der Waals surface area contributed by atoms with Crippen LogP contribution in [0.5, 0.6) is 11.5 Å². The molecule has 1 unspecified atom stereocenters. The van der Waals surface area contributed by atoms with Crippen LogP contribution in [0.2, 0.25) is 0 Å². The van der Waals surface area contributed by atoms with Gasteiger partial charge in [0.1, 0.15) is 0 Å². The number of likely N-dealkylation sites (tertiary alicyclic amines) is 1. The molecule has 1 saturated heterocycles. The van der Waals surface area contributed by atoms with Crippen LogP contribution in [0.4, 0.5) is 0 Å². The van der Waals surface area contributed by atoms with Crippen molar-refractivity contribution in [2.75, 3.05) is 27.3 Å². The van der Waals surface area contributed by atoms with Crippen LogP contribution in [0, 0.1) is 0 Å². The summed E-state index contributed by atoms with van der Waals surface area (Å²) in [5, 5.41) is 0. The van der Waals surface area contributed by atoms with Crippen molar-refractivity contribution in [2.45, 2.75) is 18.9 Å². The largest absolute Gasteiger partial charge is 0.493 e. The third kappa shape index (κ3) is 2.98. The summed E-state index contributed by atoms with van der Waals surface area (Å²) in [7, 11) is 3.19. The lowest BCUT2D eigenvalue weighted by Crippen LogP contribution is -2.33. The van der Waals surface area contributed by atoms with Crippen LogP contribution in [-0.2, 0) is 4.79 Å². The van der Waals surface area contributed by atoms with Crippen molar-refractivity contribution in [3.63, 3.8) is 0 Å². The van der Waals surface area contributed by atoms with Gasteiger partial charge in [-0.25, -0.2) is 0 Å². The number of nitrogens with zero attached hydrogens (tertiary/aromatic N) is 1. The maximum Gasteiger partial charge on any atom is 0.222 e. The monoisotopic (exact) mass is 264 g/mol. The molecule has 0 aromatic heterocycles. The zero-order valence-electron chi connectivity index (χ0n) is 11.4. The van der Waals surface area contributed by atoms with Crippen LogP contribution >= 0.6 is 0 Å². The second-order valence-corrected chi connectivity index (χ2v) is 4.66. The van der Waals surface area contributed by atoms with Crippen molar-refractivity contribution in [1.82, 2.24) is 4.90 Å². The Kier molecular flexibility index (Phi) is 4.27. The summed E-state index contributed by atoms with van der Waals surface area (Å²) < 4.78 is 10.4. The lowest BCUT2D eigenvalue weighted by Gasteiger charge is -2.21. The fraction of sp³-hybridized carbons (Fsp3) is 0.500. The van der Waals surface area contributed by atoms with Crippen molar-refractivity contribution in [3.05, 3.63) is 23.8 Å². The molecule has 1 atom stereocenters. The molecule has 1 fully saturated rings. The summed E-state index contributed by atoms with van der Waals surface area (Å²) in [5.74, 6) is 1.52. The van der Waals surface area contributed by atoms with E-state index in [-0.39, 0.29) is 11.9 Å². The van der Waals surface area contributed by atoms with Crippen LogP contribution < -0.4 is 15.2 Å². The molecule has 0 spiro atoms. The Morgan fingerprint density at radius 2 is 2.05 bits per heavy atom. The minimum atomic E-state index is -0.207. The first-order valence-electron chi connectivity index (χ1n) is 6.41. The number of carbonyl (C=O) groups excluding carboxylic acids is 1. The van der Waals surface area contributed by atoms with E-state index in [1.807, 2.05) is 23.1 Å². The van der Waals surface area contributed by atoms with E-state index in [0.29, 0.717) is 24.5 Å². The van der Waals surface area contributed by atoms with Crippen LogP contribution in [0.15, 0.2) is 18.2 Å². The van der Waals surface area contributed by atoms with E-state index in [1.165, 1.54) is 0 Å². The van der Waals surface area contributed by atoms with Gasteiger partial charge in [-0.15, -0.1) is 0 Å². The molecular weight excluding hydrogens is 244 g/mol. The highest BCUT2D eigenvalue weighted by atomic mass is 16.5. The molecule has 2 N–H and O–H groups in total. The lowest BCUT2D eigenvalue weighted by molar-refractivity contribution is -0.127. The predicted molar refractivity (Wildman–Crippen MR) is 72.3 cm³/mol. The highest BCUT2D eigenvalue weighted by Crippen LogP contribution is 2.29. The molecule has 1 amide bonds. The van der Waals surface area contributed by atoms with E-state index in [4.69, 9.17) is 15.2 Å². The van der Waals surface area contributed by atoms with Crippen molar-refractivity contribution in [2.24, 2.45) is 5.73 Å². The van der Waals surface area contributed by atoms with Crippen LogP contribution in [0.25, 0.3) is 0 Å². The van der Waals surface area contributed by atoms with Crippen molar-refractivity contribution in [1.29, 1.82) is 0 Å². The summed E-state index contributed by atoms with van der Waals surface area (Å²) >= 11 is 0. The standard InChI is InChI=1S/C14H20N2O3/c1-18-12-6-5-10(8-13(12)19-2)11(15)9-16-7-3-4-14(16)17/h5-6,8,11H,3-4,7,9,15H2,1-2H3. The zero-order valence-corrected chi connectivity index (χ0v) is 11.4. The highest BCUT2D eigenvalue weighted by molar-refractivity contribution is 5.78. The first-order valence-corrected chi connectivity index (χ1v) is 6.41. The Bertz CT molecular complexity index is 462. The number of rotatable bonds is 5. The van der Waals surface area contributed by atoms with E-state index in [2.05, 4.69) is 0 Å². The van der Waals surface area contributed by atoms with Crippen LogP contribution in [0.1, 0.15) is 24.4 Å². The molecule has 104 valence electrons. The maximum absolute atomic E-state index is 11.6. The van der Waals surface area contributed by atoms with Gasteiger partial charge in [0, 0.05) is 25.6 Å². The second kappa shape index (κ2) is 5.93. The smallest absolute Gasteiger partial charge is 0.222 e. The van der Waals surface area contributed by atoms with Crippen LogP contribution in [0.3, 0.4) is 0 Å². The minimum Gasteiger partial charge on any atom is -0.493 e. The number of carbonyl (C=O) groups is 1. The number of ether oxygens (including phenoxy) is 2. The second-order valence-electron chi connectivity index (χ2n) is 4.66. The van der Waals surface area contributed by atoms with Crippen LogP contribution in [-0.4, -0.2) is 38.1 Å². The Morgan fingerprint density at radius 1 is 1.32 bits per heavy atom. The molecule has 1 aromatic rings. The van der Waals surface area contributed by atoms with Gasteiger partial charge < -0.3 is 20.1 Å². The topological polar surface area (TPSA) is 64.8 Å². The fourth-order valence-corrected chi connectivity index (χ4v) is 2.32. The average Bonchev–Trinajstić information content (AvgIpc) is 2.83. The number of methoxy groups -OCH3 is 2. The van der Waals surface area contributed by atoms with Crippen molar-refractivity contribution < 1.29 is 14.3 Å². The molecular formula is C14H20N2O3. The van der Waals surface area contributed by atoms with E-state index >= 15 is 0 Å². The summed E-state index contributed by atoms with van der Waals surface area (Å²) in [5.41, 5.74) is 7.10. The van der Waals surface area contributed by atoms with Gasteiger partial charge in [0.2, 0.25) is 5.91 Å². The van der Waals surface area contributed by atoms with E-state index in [1.54, 1.807) is 14.2 Å². The molecule has 2 rings (SSSR count). The van der Waals surface area contributed by atoms with Gasteiger partial charge in [-0.2, -0.15) is 0 Å². The SMILES string of the molecule is COc1ccc(C(N)CN2CCCC2=O)cc1OC. The Labute approximate surface area is 113 Å². The number of hydrogen-bond donors (Lipinski definition) is 1. The molecule has 5 heteroatoms. The molecule has 0 radical (unpaired) electrons. The van der Waals surface area contributed by atoms with Gasteiger partial charge in [0.15, 0.2) is 11.5 Å². The highest BCUT2D eigenvalue weighted by Gasteiger charge is 2.23. The lowest BCUT2D eigenvalue weighted by atomic mass is 10.1. The molecule has 19 heavy (non-hydrogen) atoms. The molecule has 1 aliphatic rings. The molecule has 0 saturated carbocycles. The summed E-state index contributed by atoms with van der Waals surface area (Å²) in [4.78, 5) is 13.4. The number of benzene rings is 1. The minimum absolute atomic E-state index is 0.191. The average molecular weight is 264 g/mol. The Balaban J connectivity index is 2.10. The first kappa shape index (κ1) is 13.7. The van der Waals surface area contributed by atoms with Gasteiger partial charge in [-0.1, -0.05) is 6.07 Å². The van der Waals surface area contributed by atoms with Gasteiger partial charge in [0.05, 0.1) is 14.2 Å². The molecule has 5 nitrogen and oxygen atoms in total. The van der Waals surface area contributed by atoms with Gasteiger partial charge >= 0.3 is 0 Å². The maximum atomic E-state index is 11.6. The molecule has 1 heterocycles. The van der Waals surface area contributed by atoms with E-state index in [9.17, 15) is 4.79 Å². The normalized spacial score (nSPS) is 16.6. The van der Waals surface area contributed by atoms with Gasteiger partial charge in [0.25, 0.3) is 0 Å². The third-order valence-corrected chi connectivity index (χ3v) is 3.42. The first-order chi connectivity index (χ1) is 9.15.